The molecule has 0 saturated heterocycles. The summed E-state index contributed by atoms with van der Waals surface area (Å²) in [5.41, 5.74) is 1.61. The van der Waals surface area contributed by atoms with Gasteiger partial charge in [0.25, 0.3) is 0 Å². The number of ketones is 1. The van der Waals surface area contributed by atoms with E-state index in [1.807, 2.05) is 42.5 Å². The van der Waals surface area contributed by atoms with Gasteiger partial charge in [-0.25, -0.2) is 4.99 Å². The molecule has 4 heteroatoms. The lowest BCUT2D eigenvalue weighted by atomic mass is 10.1. The number of nitrogens with zero attached hydrogens (tertiary/aromatic N) is 1. The number of para-hydroxylation sites is 1. The van der Waals surface area contributed by atoms with E-state index in [9.17, 15) is 9.90 Å². The molecule has 0 saturated carbocycles. The highest BCUT2D eigenvalue weighted by atomic mass is 32.1. The van der Waals surface area contributed by atoms with Crippen molar-refractivity contribution in [2.75, 3.05) is 0 Å². The first-order valence-corrected chi connectivity index (χ1v) is 7.00. The smallest absolute Gasteiger partial charge is 0.215 e. The Kier molecular flexibility index (Phi) is 2.28. The van der Waals surface area contributed by atoms with Crippen LogP contribution in [0, 0.1) is 0 Å². The van der Waals surface area contributed by atoms with E-state index in [1.54, 1.807) is 6.07 Å². The molecule has 0 unspecified atom stereocenters. The van der Waals surface area contributed by atoms with Crippen LogP contribution in [-0.2, 0) is 0 Å². The van der Waals surface area contributed by atoms with E-state index in [0.717, 1.165) is 10.1 Å². The molecule has 96 valence electrons. The number of hydrogen-bond acceptors (Lipinski definition) is 4. The maximum Gasteiger partial charge on any atom is 0.215 e. The van der Waals surface area contributed by atoms with Crippen molar-refractivity contribution in [1.82, 2.24) is 0 Å². The number of hydrogen-bond donors (Lipinski definition) is 1. The molecule has 0 radical (unpaired) electrons. The zero-order valence-corrected chi connectivity index (χ0v) is 11.1. The van der Waals surface area contributed by atoms with Crippen LogP contribution in [0.2, 0.25) is 0 Å². The van der Waals surface area contributed by atoms with Gasteiger partial charge in [0.15, 0.2) is 0 Å². The van der Waals surface area contributed by atoms with Crippen molar-refractivity contribution in [3.8, 4) is 5.75 Å². The molecule has 0 aliphatic carbocycles. The third-order valence-electron chi connectivity index (χ3n) is 3.38. The first kappa shape index (κ1) is 11.4. The van der Waals surface area contributed by atoms with Gasteiger partial charge in [0.2, 0.25) is 5.78 Å². The lowest BCUT2D eigenvalue weighted by Gasteiger charge is -1.96. The van der Waals surface area contributed by atoms with Gasteiger partial charge in [0, 0.05) is 15.6 Å². The molecule has 20 heavy (non-hydrogen) atoms. The number of benzene rings is 2. The lowest BCUT2D eigenvalue weighted by molar-refractivity contribution is 0.107. The third kappa shape index (κ3) is 1.45. The van der Waals surface area contributed by atoms with Crippen LogP contribution in [0.15, 0.2) is 53.5 Å². The number of rotatable bonds is 1. The predicted octanol–water partition coefficient (Wildman–Crippen LogP) is 3.92. The first-order valence-electron chi connectivity index (χ1n) is 6.19. The second kappa shape index (κ2) is 4.02. The van der Waals surface area contributed by atoms with Gasteiger partial charge < -0.3 is 5.11 Å². The molecule has 1 aliphatic heterocycles. The highest BCUT2D eigenvalue weighted by Gasteiger charge is 2.29. The van der Waals surface area contributed by atoms with Crippen LogP contribution in [-0.4, -0.2) is 16.6 Å². The predicted molar refractivity (Wildman–Crippen MR) is 80.5 cm³/mol. The number of aliphatic imine (C=N–C) groups is 1. The molecule has 4 rings (SSSR count). The Morgan fingerprint density at radius 1 is 1.00 bits per heavy atom. The molecule has 0 bridgehead atoms. The number of carbonyl (C=O) groups excluding carboxylic acids is 1. The Bertz CT molecular complexity index is 892. The van der Waals surface area contributed by atoms with Crippen LogP contribution in [0.3, 0.4) is 0 Å². The summed E-state index contributed by atoms with van der Waals surface area (Å²) >= 11 is 1.39. The van der Waals surface area contributed by atoms with Crippen molar-refractivity contribution < 1.29 is 9.90 Å². The molecule has 2 heterocycles. The molecule has 1 N–H and O–H groups in total. The molecule has 3 aromatic rings. The average molecular weight is 279 g/mol. The Hall–Kier alpha value is -2.46. The summed E-state index contributed by atoms with van der Waals surface area (Å²) < 4.78 is 0.950. The summed E-state index contributed by atoms with van der Waals surface area (Å²) in [4.78, 5) is 17.3. The molecule has 0 fully saturated rings. The number of thiophene rings is 1. The Morgan fingerprint density at radius 3 is 2.55 bits per heavy atom. The fourth-order valence-corrected chi connectivity index (χ4v) is 3.49. The maximum absolute atomic E-state index is 12.4. The Morgan fingerprint density at radius 2 is 1.75 bits per heavy atom. The fourth-order valence-electron chi connectivity index (χ4n) is 2.41. The molecule has 1 aromatic heterocycles. The quantitative estimate of drug-likeness (QED) is 0.734. The van der Waals surface area contributed by atoms with E-state index in [1.165, 1.54) is 11.3 Å². The normalized spacial score (nSPS) is 13.6. The van der Waals surface area contributed by atoms with Crippen LogP contribution in [0.5, 0.6) is 5.75 Å². The standard InChI is InChI=1S/C16H9NO2S/c18-14-9-5-1-3-7-11(9)17-13(14)16-15(19)10-6-2-4-8-12(10)20-16/h1-8,19H. The molecule has 0 atom stereocenters. The molecular formula is C16H9NO2S. The maximum atomic E-state index is 12.4. The Balaban J connectivity index is 1.94. The summed E-state index contributed by atoms with van der Waals surface area (Å²) in [6.45, 7) is 0. The van der Waals surface area contributed by atoms with E-state index in [-0.39, 0.29) is 11.5 Å². The van der Waals surface area contributed by atoms with Crippen molar-refractivity contribution in [1.29, 1.82) is 0 Å². The lowest BCUT2D eigenvalue weighted by Crippen LogP contribution is -2.09. The second-order valence-corrected chi connectivity index (χ2v) is 5.63. The van der Waals surface area contributed by atoms with Crippen LogP contribution in [0.25, 0.3) is 10.1 Å². The second-order valence-electron chi connectivity index (χ2n) is 4.58. The number of Topliss-reactive ketones (excluding diaryl/α,β-unsaturated/α-hetero) is 1. The molecule has 3 nitrogen and oxygen atoms in total. The van der Waals surface area contributed by atoms with Crippen LogP contribution in [0.4, 0.5) is 5.69 Å². The van der Waals surface area contributed by atoms with Gasteiger partial charge in [0.05, 0.1) is 10.6 Å². The zero-order chi connectivity index (χ0) is 13.7. The van der Waals surface area contributed by atoms with Crippen LogP contribution in [0.1, 0.15) is 15.2 Å². The Labute approximate surface area is 118 Å². The van der Waals surface area contributed by atoms with E-state index < -0.39 is 0 Å². The van der Waals surface area contributed by atoms with Gasteiger partial charge in [0.1, 0.15) is 11.5 Å². The van der Waals surface area contributed by atoms with E-state index in [4.69, 9.17) is 0 Å². The van der Waals surface area contributed by atoms with Crippen molar-refractivity contribution in [3.05, 3.63) is 59.0 Å². The van der Waals surface area contributed by atoms with Crippen molar-refractivity contribution in [2.45, 2.75) is 0 Å². The highest BCUT2D eigenvalue weighted by molar-refractivity contribution is 7.22. The summed E-state index contributed by atoms with van der Waals surface area (Å²) in [5, 5.41) is 11.1. The summed E-state index contributed by atoms with van der Waals surface area (Å²) in [5.74, 6) is 0.0213. The molecular weight excluding hydrogens is 270 g/mol. The fraction of sp³-hybridized carbons (Fsp3) is 0. The van der Waals surface area contributed by atoms with Gasteiger partial charge in [-0.1, -0.05) is 24.3 Å². The molecule has 2 aromatic carbocycles. The van der Waals surface area contributed by atoms with Gasteiger partial charge in [-0.15, -0.1) is 11.3 Å². The monoisotopic (exact) mass is 279 g/mol. The minimum Gasteiger partial charge on any atom is -0.506 e. The summed E-state index contributed by atoms with van der Waals surface area (Å²) in [6, 6.07) is 14.8. The number of aromatic hydroxyl groups is 1. The van der Waals surface area contributed by atoms with Gasteiger partial charge in [-0.2, -0.15) is 0 Å². The van der Waals surface area contributed by atoms with E-state index in [0.29, 0.717) is 21.8 Å². The third-order valence-corrected chi connectivity index (χ3v) is 4.55. The van der Waals surface area contributed by atoms with Crippen molar-refractivity contribution in [3.63, 3.8) is 0 Å². The molecule has 1 aliphatic rings. The molecule has 0 amide bonds. The zero-order valence-electron chi connectivity index (χ0n) is 10.3. The minimum absolute atomic E-state index is 0.123. The van der Waals surface area contributed by atoms with E-state index in [2.05, 4.69) is 4.99 Å². The van der Waals surface area contributed by atoms with Crippen molar-refractivity contribution >= 4 is 38.6 Å². The summed E-state index contributed by atoms with van der Waals surface area (Å²) in [7, 11) is 0. The minimum atomic E-state index is -0.123. The SMILES string of the molecule is O=C1C(c2sc3ccccc3c2O)=Nc2ccccc21. The molecule has 0 spiro atoms. The topological polar surface area (TPSA) is 49.7 Å². The van der Waals surface area contributed by atoms with Crippen LogP contribution < -0.4 is 0 Å². The largest absolute Gasteiger partial charge is 0.506 e. The van der Waals surface area contributed by atoms with Gasteiger partial charge in [-0.3, -0.25) is 4.79 Å². The number of carbonyl (C=O) groups is 1. The summed E-state index contributed by atoms with van der Waals surface area (Å²) in [6.07, 6.45) is 0. The van der Waals surface area contributed by atoms with Gasteiger partial charge >= 0.3 is 0 Å². The number of fused-ring (bicyclic) bond motifs is 2. The van der Waals surface area contributed by atoms with Gasteiger partial charge in [-0.05, 0) is 24.3 Å². The first-order chi connectivity index (χ1) is 9.75. The van der Waals surface area contributed by atoms with E-state index >= 15 is 0 Å². The highest BCUT2D eigenvalue weighted by Crippen LogP contribution is 2.40. The van der Waals surface area contributed by atoms with Crippen molar-refractivity contribution in [2.24, 2.45) is 4.99 Å². The average Bonchev–Trinajstić information content (AvgIpc) is 2.98. The van der Waals surface area contributed by atoms with Crippen LogP contribution >= 0.6 is 11.3 Å².